The SMILES string of the molecule is COCCCCNc1cc(C(=O)N2CCC(N3CCc4ccccc4C3)C(O)C2)nc(-c2ccccc2)n1. The molecule has 2 unspecified atom stereocenters. The number of benzene rings is 2. The number of carbonyl (C=O) groups excluding carboxylic acids is 1. The van der Waals surface area contributed by atoms with Gasteiger partial charge in [0.2, 0.25) is 0 Å². The van der Waals surface area contributed by atoms with Crippen LogP contribution in [0.1, 0.15) is 40.9 Å². The lowest BCUT2D eigenvalue weighted by atomic mass is 9.94. The number of anilines is 1. The second kappa shape index (κ2) is 12.5. The summed E-state index contributed by atoms with van der Waals surface area (Å²) in [7, 11) is 1.70. The number of carbonyl (C=O) groups is 1. The minimum absolute atomic E-state index is 0.0435. The Morgan fingerprint density at radius 2 is 1.84 bits per heavy atom. The van der Waals surface area contributed by atoms with E-state index in [1.807, 2.05) is 30.3 Å². The van der Waals surface area contributed by atoms with Gasteiger partial charge in [0.25, 0.3) is 5.91 Å². The highest BCUT2D eigenvalue weighted by Crippen LogP contribution is 2.26. The number of nitrogens with zero attached hydrogens (tertiary/aromatic N) is 4. The first-order valence-electron chi connectivity index (χ1n) is 13.6. The zero-order valence-electron chi connectivity index (χ0n) is 22.1. The first-order chi connectivity index (χ1) is 18.6. The smallest absolute Gasteiger partial charge is 0.272 e. The van der Waals surface area contributed by atoms with Gasteiger partial charge >= 0.3 is 0 Å². The van der Waals surface area contributed by atoms with Crippen LogP contribution >= 0.6 is 0 Å². The molecule has 1 aromatic heterocycles. The van der Waals surface area contributed by atoms with Crippen molar-refractivity contribution in [1.82, 2.24) is 19.8 Å². The lowest BCUT2D eigenvalue weighted by molar-refractivity contribution is -0.0139. The first-order valence-corrected chi connectivity index (χ1v) is 13.6. The summed E-state index contributed by atoms with van der Waals surface area (Å²) in [5.74, 6) is 0.966. The zero-order chi connectivity index (χ0) is 26.3. The van der Waals surface area contributed by atoms with Crippen LogP contribution < -0.4 is 5.32 Å². The van der Waals surface area contributed by atoms with E-state index in [4.69, 9.17) is 4.74 Å². The van der Waals surface area contributed by atoms with E-state index >= 15 is 0 Å². The Hall–Kier alpha value is -3.33. The molecule has 0 radical (unpaired) electrons. The number of methoxy groups -OCH3 is 1. The molecule has 8 heteroatoms. The third kappa shape index (κ3) is 6.20. The second-order valence-corrected chi connectivity index (χ2v) is 10.1. The predicted molar refractivity (Wildman–Crippen MR) is 148 cm³/mol. The maximum Gasteiger partial charge on any atom is 0.272 e. The van der Waals surface area contributed by atoms with E-state index < -0.39 is 6.10 Å². The summed E-state index contributed by atoms with van der Waals surface area (Å²) in [6, 6.07) is 20.0. The first kappa shape index (κ1) is 26.3. The molecule has 0 saturated carbocycles. The molecule has 2 atom stereocenters. The van der Waals surface area contributed by atoms with Gasteiger partial charge < -0.3 is 20.1 Å². The van der Waals surface area contributed by atoms with Gasteiger partial charge in [0.15, 0.2) is 5.82 Å². The van der Waals surface area contributed by atoms with E-state index in [0.717, 1.165) is 50.9 Å². The van der Waals surface area contributed by atoms with Gasteiger partial charge in [0.05, 0.1) is 6.10 Å². The molecule has 0 aliphatic carbocycles. The van der Waals surface area contributed by atoms with Gasteiger partial charge in [-0.3, -0.25) is 9.69 Å². The number of hydrogen-bond acceptors (Lipinski definition) is 7. The topological polar surface area (TPSA) is 90.8 Å². The van der Waals surface area contributed by atoms with Gasteiger partial charge in [-0.05, 0) is 36.8 Å². The van der Waals surface area contributed by atoms with Gasteiger partial charge in [0, 0.05) is 64.1 Å². The Morgan fingerprint density at radius 1 is 1.05 bits per heavy atom. The summed E-state index contributed by atoms with van der Waals surface area (Å²) in [6.07, 6.45) is 3.00. The molecule has 2 aliphatic rings. The number of piperidine rings is 1. The van der Waals surface area contributed by atoms with Gasteiger partial charge in [-0.2, -0.15) is 0 Å². The Bertz CT molecular complexity index is 1220. The minimum Gasteiger partial charge on any atom is -0.390 e. The second-order valence-electron chi connectivity index (χ2n) is 10.1. The van der Waals surface area contributed by atoms with Crippen molar-refractivity contribution in [3.05, 3.63) is 77.5 Å². The number of aliphatic hydroxyl groups is 1. The van der Waals surface area contributed by atoms with Crippen molar-refractivity contribution in [1.29, 1.82) is 0 Å². The molecule has 2 aliphatic heterocycles. The van der Waals surface area contributed by atoms with Crippen LogP contribution in [0.4, 0.5) is 5.82 Å². The fourth-order valence-corrected chi connectivity index (χ4v) is 5.44. The van der Waals surface area contributed by atoms with E-state index in [0.29, 0.717) is 37.0 Å². The van der Waals surface area contributed by atoms with E-state index in [-0.39, 0.29) is 11.9 Å². The van der Waals surface area contributed by atoms with E-state index in [1.54, 1.807) is 18.1 Å². The molecule has 1 saturated heterocycles. The van der Waals surface area contributed by atoms with Crippen molar-refractivity contribution in [2.45, 2.75) is 44.4 Å². The molecule has 1 amide bonds. The van der Waals surface area contributed by atoms with Crippen molar-refractivity contribution in [2.24, 2.45) is 0 Å². The van der Waals surface area contributed by atoms with Crippen LogP contribution in [0, 0.1) is 0 Å². The van der Waals surface area contributed by atoms with E-state index in [1.165, 1.54) is 11.1 Å². The fraction of sp³-hybridized carbons (Fsp3) is 0.433. The van der Waals surface area contributed by atoms with Crippen LogP contribution in [0.25, 0.3) is 11.4 Å². The molecule has 0 bridgehead atoms. The third-order valence-electron chi connectivity index (χ3n) is 7.52. The van der Waals surface area contributed by atoms with Crippen molar-refractivity contribution in [3.8, 4) is 11.4 Å². The molecule has 3 heterocycles. The third-order valence-corrected chi connectivity index (χ3v) is 7.52. The van der Waals surface area contributed by atoms with Crippen molar-refractivity contribution < 1.29 is 14.6 Å². The van der Waals surface area contributed by atoms with Crippen LogP contribution in [0.3, 0.4) is 0 Å². The molecule has 8 nitrogen and oxygen atoms in total. The summed E-state index contributed by atoms with van der Waals surface area (Å²) < 4.78 is 5.13. The monoisotopic (exact) mass is 515 g/mol. The largest absolute Gasteiger partial charge is 0.390 e. The maximum absolute atomic E-state index is 13.6. The quantitative estimate of drug-likeness (QED) is 0.421. The number of unbranched alkanes of at least 4 members (excludes halogenated alkanes) is 1. The molecule has 3 aromatic rings. The highest BCUT2D eigenvalue weighted by atomic mass is 16.5. The Labute approximate surface area is 224 Å². The number of β-amino-alcohol motifs (C(OH)–C–C–N with tert-alkyl or cyclic N) is 1. The average molecular weight is 516 g/mol. The summed E-state index contributed by atoms with van der Waals surface area (Å²) in [6.45, 7) is 4.10. The van der Waals surface area contributed by atoms with Crippen molar-refractivity contribution >= 4 is 11.7 Å². The Balaban J connectivity index is 1.28. The number of fused-ring (bicyclic) bond motifs is 1. The lowest BCUT2D eigenvalue weighted by Crippen LogP contribution is -2.56. The molecule has 2 N–H and O–H groups in total. The van der Waals surface area contributed by atoms with Crippen LogP contribution in [0.2, 0.25) is 0 Å². The molecule has 2 aromatic carbocycles. The normalized spacial score (nSPS) is 19.7. The Morgan fingerprint density at radius 3 is 2.63 bits per heavy atom. The van der Waals surface area contributed by atoms with Crippen LogP contribution in [-0.2, 0) is 17.7 Å². The van der Waals surface area contributed by atoms with Crippen LogP contribution in [0.15, 0.2) is 60.7 Å². The number of hydrogen-bond donors (Lipinski definition) is 2. The number of likely N-dealkylation sites (tertiary alicyclic amines) is 1. The number of nitrogens with one attached hydrogen (secondary N) is 1. The highest BCUT2D eigenvalue weighted by Gasteiger charge is 2.35. The van der Waals surface area contributed by atoms with Crippen molar-refractivity contribution in [2.75, 3.05) is 45.2 Å². The molecule has 0 spiro atoms. The summed E-state index contributed by atoms with van der Waals surface area (Å²) in [5, 5.41) is 14.5. The number of ether oxygens (including phenoxy) is 1. The van der Waals surface area contributed by atoms with E-state index in [2.05, 4.69) is 44.5 Å². The summed E-state index contributed by atoms with van der Waals surface area (Å²) in [5.41, 5.74) is 3.93. The van der Waals surface area contributed by atoms with Crippen molar-refractivity contribution in [3.63, 3.8) is 0 Å². The highest BCUT2D eigenvalue weighted by molar-refractivity contribution is 5.93. The minimum atomic E-state index is -0.605. The summed E-state index contributed by atoms with van der Waals surface area (Å²) >= 11 is 0. The van der Waals surface area contributed by atoms with Gasteiger partial charge in [-0.25, -0.2) is 9.97 Å². The number of rotatable bonds is 9. The molecular formula is C30H37N5O3. The van der Waals surface area contributed by atoms with E-state index in [9.17, 15) is 9.90 Å². The maximum atomic E-state index is 13.6. The number of amides is 1. The lowest BCUT2D eigenvalue weighted by Gasteiger charge is -2.43. The van der Waals surface area contributed by atoms with Gasteiger partial charge in [0.1, 0.15) is 11.5 Å². The molecule has 200 valence electrons. The van der Waals surface area contributed by atoms with Crippen LogP contribution in [-0.4, -0.2) is 82.8 Å². The molecule has 1 fully saturated rings. The number of aromatic nitrogens is 2. The predicted octanol–water partition coefficient (Wildman–Crippen LogP) is 3.62. The average Bonchev–Trinajstić information content (AvgIpc) is 2.96. The molecular weight excluding hydrogens is 478 g/mol. The zero-order valence-corrected chi connectivity index (χ0v) is 22.1. The summed E-state index contributed by atoms with van der Waals surface area (Å²) in [4.78, 5) is 27.0. The Kier molecular flexibility index (Phi) is 8.63. The molecule has 5 rings (SSSR count). The molecule has 38 heavy (non-hydrogen) atoms. The fourth-order valence-electron chi connectivity index (χ4n) is 5.44. The van der Waals surface area contributed by atoms with Crippen LogP contribution in [0.5, 0.6) is 0 Å². The number of aliphatic hydroxyl groups excluding tert-OH is 1. The standard InChI is InChI=1S/C30H37N5O3/c1-38-18-8-7-15-31-28-19-25(32-29(33-28)23-10-3-2-4-11-23)30(37)35-17-14-26(27(36)21-35)34-16-13-22-9-5-6-12-24(22)20-34/h2-6,9-12,19,26-27,36H,7-8,13-18,20-21H2,1H3,(H,31,32,33). The van der Waals surface area contributed by atoms with Gasteiger partial charge in [-0.15, -0.1) is 0 Å². The van der Waals surface area contributed by atoms with Gasteiger partial charge in [-0.1, -0.05) is 54.6 Å².